The fraction of sp³-hybridized carbons (Fsp3) is 0.733. The summed E-state index contributed by atoms with van der Waals surface area (Å²) in [5.74, 6) is 0. The zero-order valence-electron chi connectivity index (χ0n) is 11.7. The first-order valence-corrected chi connectivity index (χ1v) is 8.24. The van der Waals surface area contributed by atoms with Gasteiger partial charge in [-0.25, -0.2) is 0 Å². The van der Waals surface area contributed by atoms with E-state index in [1.807, 2.05) is 0 Å². The number of nitrogens with zero attached hydrogens (tertiary/aromatic N) is 1. The highest BCUT2D eigenvalue weighted by Gasteiger charge is 2.20. The van der Waals surface area contributed by atoms with Crippen LogP contribution in [0.2, 0.25) is 0 Å². The quantitative estimate of drug-likeness (QED) is 0.845. The number of unbranched alkanes of at least 4 members (excludes halogenated alkanes) is 1. The lowest BCUT2D eigenvalue weighted by Gasteiger charge is -2.33. The van der Waals surface area contributed by atoms with Crippen LogP contribution in [0.4, 0.5) is 0 Å². The van der Waals surface area contributed by atoms with Crippen LogP contribution < -0.4 is 5.32 Å². The van der Waals surface area contributed by atoms with Crippen molar-refractivity contribution in [3.8, 4) is 0 Å². The molecule has 2 heterocycles. The second kappa shape index (κ2) is 7.27. The fourth-order valence-corrected chi connectivity index (χ4v) is 3.43. The number of nitrogens with one attached hydrogen (secondary N) is 1. The normalized spacial score (nSPS) is 20.1. The summed E-state index contributed by atoms with van der Waals surface area (Å²) >= 11 is 1.79. The highest BCUT2D eigenvalue weighted by Crippen LogP contribution is 2.19. The van der Waals surface area contributed by atoms with Crippen LogP contribution in [-0.2, 0) is 0 Å². The van der Waals surface area contributed by atoms with Crippen LogP contribution in [0.1, 0.15) is 51.1 Å². The monoisotopic (exact) mass is 266 g/mol. The third-order valence-electron chi connectivity index (χ3n) is 3.94. The Labute approximate surface area is 115 Å². The molecule has 1 aliphatic rings. The third-order valence-corrected chi connectivity index (χ3v) is 4.65. The molecule has 1 atom stereocenters. The summed E-state index contributed by atoms with van der Waals surface area (Å²) < 4.78 is 0. The van der Waals surface area contributed by atoms with Gasteiger partial charge in [0.1, 0.15) is 0 Å². The molecule has 1 N–H and O–H groups in total. The molecule has 1 fully saturated rings. The van der Waals surface area contributed by atoms with Crippen molar-refractivity contribution in [2.24, 2.45) is 0 Å². The fourth-order valence-electron chi connectivity index (χ4n) is 2.68. The first-order valence-electron chi connectivity index (χ1n) is 7.30. The first-order chi connectivity index (χ1) is 8.79. The van der Waals surface area contributed by atoms with Gasteiger partial charge in [-0.2, -0.15) is 11.3 Å². The lowest BCUT2D eigenvalue weighted by Crippen LogP contribution is -2.43. The standard InChI is InChI=1S/C15H26N2S/c1-3-4-8-17-9-5-15(6-10-17)16-13(2)14-7-11-18-12-14/h7,11-13,15-16H,3-6,8-10H2,1-2H3. The summed E-state index contributed by atoms with van der Waals surface area (Å²) in [4.78, 5) is 2.62. The van der Waals surface area contributed by atoms with Crippen molar-refractivity contribution in [2.45, 2.75) is 51.6 Å². The summed E-state index contributed by atoms with van der Waals surface area (Å²) in [6.45, 7) is 8.40. The summed E-state index contributed by atoms with van der Waals surface area (Å²) in [7, 11) is 0. The van der Waals surface area contributed by atoms with Crippen molar-refractivity contribution in [1.29, 1.82) is 0 Å². The Morgan fingerprint density at radius 3 is 2.83 bits per heavy atom. The average molecular weight is 266 g/mol. The molecule has 0 aromatic carbocycles. The number of hydrogen-bond donors (Lipinski definition) is 1. The van der Waals surface area contributed by atoms with Crippen molar-refractivity contribution < 1.29 is 0 Å². The number of thiophene rings is 1. The molecule has 2 rings (SSSR count). The Balaban J connectivity index is 1.70. The molecular weight excluding hydrogens is 240 g/mol. The van der Waals surface area contributed by atoms with E-state index < -0.39 is 0 Å². The highest BCUT2D eigenvalue weighted by molar-refractivity contribution is 7.07. The molecule has 0 saturated carbocycles. The topological polar surface area (TPSA) is 15.3 Å². The zero-order chi connectivity index (χ0) is 12.8. The van der Waals surface area contributed by atoms with E-state index in [1.54, 1.807) is 11.3 Å². The second-order valence-electron chi connectivity index (χ2n) is 5.41. The maximum absolute atomic E-state index is 3.78. The SMILES string of the molecule is CCCCN1CCC(NC(C)c2ccsc2)CC1. The Hall–Kier alpha value is -0.380. The predicted molar refractivity (Wildman–Crippen MR) is 80.2 cm³/mol. The molecule has 0 amide bonds. The molecule has 2 nitrogen and oxygen atoms in total. The van der Waals surface area contributed by atoms with Crippen LogP contribution in [0.25, 0.3) is 0 Å². The van der Waals surface area contributed by atoms with Gasteiger partial charge in [0.2, 0.25) is 0 Å². The molecule has 0 aliphatic carbocycles. The Bertz CT molecular complexity index is 315. The van der Waals surface area contributed by atoms with Crippen LogP contribution in [0, 0.1) is 0 Å². The van der Waals surface area contributed by atoms with Crippen LogP contribution in [0.15, 0.2) is 16.8 Å². The average Bonchev–Trinajstić information content (AvgIpc) is 2.92. The van der Waals surface area contributed by atoms with E-state index in [9.17, 15) is 0 Å². The van der Waals surface area contributed by atoms with Gasteiger partial charge in [0.05, 0.1) is 0 Å². The summed E-state index contributed by atoms with van der Waals surface area (Å²) in [5, 5.41) is 8.20. The molecule has 1 aliphatic heterocycles. The smallest absolute Gasteiger partial charge is 0.0302 e. The van der Waals surface area contributed by atoms with E-state index in [-0.39, 0.29) is 0 Å². The van der Waals surface area contributed by atoms with Crippen molar-refractivity contribution >= 4 is 11.3 Å². The van der Waals surface area contributed by atoms with Gasteiger partial charge in [-0.3, -0.25) is 0 Å². The van der Waals surface area contributed by atoms with Gasteiger partial charge in [-0.15, -0.1) is 0 Å². The molecule has 0 radical (unpaired) electrons. The van der Waals surface area contributed by atoms with E-state index >= 15 is 0 Å². The Morgan fingerprint density at radius 2 is 2.22 bits per heavy atom. The largest absolute Gasteiger partial charge is 0.307 e. The number of likely N-dealkylation sites (tertiary alicyclic amines) is 1. The van der Waals surface area contributed by atoms with E-state index in [0.717, 1.165) is 0 Å². The maximum atomic E-state index is 3.78. The summed E-state index contributed by atoms with van der Waals surface area (Å²) in [6.07, 6.45) is 5.27. The van der Waals surface area contributed by atoms with Crippen molar-refractivity contribution in [3.63, 3.8) is 0 Å². The maximum Gasteiger partial charge on any atom is 0.0302 e. The van der Waals surface area contributed by atoms with Crippen molar-refractivity contribution in [2.75, 3.05) is 19.6 Å². The molecule has 0 spiro atoms. The minimum atomic E-state index is 0.503. The van der Waals surface area contributed by atoms with Crippen LogP contribution in [0.5, 0.6) is 0 Å². The van der Waals surface area contributed by atoms with Gasteiger partial charge in [-0.1, -0.05) is 13.3 Å². The molecule has 3 heteroatoms. The zero-order valence-corrected chi connectivity index (χ0v) is 12.5. The predicted octanol–water partition coefficient (Wildman–Crippen LogP) is 3.66. The Kier molecular flexibility index (Phi) is 5.67. The van der Waals surface area contributed by atoms with Gasteiger partial charge in [0.25, 0.3) is 0 Å². The van der Waals surface area contributed by atoms with E-state index in [2.05, 4.69) is 40.9 Å². The number of piperidine rings is 1. The van der Waals surface area contributed by atoms with Crippen LogP contribution >= 0.6 is 11.3 Å². The lowest BCUT2D eigenvalue weighted by molar-refractivity contribution is 0.190. The molecule has 0 bridgehead atoms. The summed E-state index contributed by atoms with van der Waals surface area (Å²) in [5.41, 5.74) is 1.44. The lowest BCUT2D eigenvalue weighted by atomic mass is 10.0. The minimum absolute atomic E-state index is 0.503. The molecule has 102 valence electrons. The second-order valence-corrected chi connectivity index (χ2v) is 6.19. The molecule has 1 unspecified atom stereocenters. The number of hydrogen-bond acceptors (Lipinski definition) is 3. The molecule has 18 heavy (non-hydrogen) atoms. The molecule has 1 aromatic rings. The molecular formula is C15H26N2S. The van der Waals surface area contributed by atoms with E-state index in [1.165, 1.54) is 50.9 Å². The van der Waals surface area contributed by atoms with E-state index in [0.29, 0.717) is 12.1 Å². The first kappa shape index (κ1) is 14.0. The third kappa shape index (κ3) is 4.08. The van der Waals surface area contributed by atoms with Crippen LogP contribution in [0.3, 0.4) is 0 Å². The van der Waals surface area contributed by atoms with Crippen molar-refractivity contribution in [3.05, 3.63) is 22.4 Å². The van der Waals surface area contributed by atoms with Gasteiger partial charge in [0, 0.05) is 12.1 Å². The highest BCUT2D eigenvalue weighted by atomic mass is 32.1. The van der Waals surface area contributed by atoms with Crippen LogP contribution in [-0.4, -0.2) is 30.6 Å². The van der Waals surface area contributed by atoms with Gasteiger partial charge in [-0.05, 0) is 68.2 Å². The minimum Gasteiger partial charge on any atom is -0.307 e. The molecule has 1 aromatic heterocycles. The van der Waals surface area contributed by atoms with Crippen molar-refractivity contribution in [1.82, 2.24) is 10.2 Å². The van der Waals surface area contributed by atoms with E-state index in [4.69, 9.17) is 0 Å². The summed E-state index contributed by atoms with van der Waals surface area (Å²) in [6, 6.07) is 3.44. The van der Waals surface area contributed by atoms with Gasteiger partial charge >= 0.3 is 0 Å². The molecule has 1 saturated heterocycles. The van der Waals surface area contributed by atoms with Gasteiger partial charge < -0.3 is 10.2 Å². The van der Waals surface area contributed by atoms with Gasteiger partial charge in [0.15, 0.2) is 0 Å². The Morgan fingerprint density at radius 1 is 1.44 bits per heavy atom. The number of rotatable bonds is 6.